The average Bonchev–Trinajstić information content (AvgIpc) is 2.92. The lowest BCUT2D eigenvalue weighted by atomic mass is 9.98. The molecule has 0 saturated carbocycles. The van der Waals surface area contributed by atoms with Gasteiger partial charge in [-0.1, -0.05) is 24.3 Å². The normalized spacial score (nSPS) is 11.6. The number of hydrogen-bond acceptors (Lipinski definition) is 8. The highest BCUT2D eigenvalue weighted by Crippen LogP contribution is 2.31. The molecule has 0 fully saturated rings. The largest absolute Gasteiger partial charge is 0.481 e. The van der Waals surface area contributed by atoms with E-state index in [0.29, 0.717) is 33.6 Å². The molecule has 188 valence electrons. The Labute approximate surface area is 217 Å². The summed E-state index contributed by atoms with van der Waals surface area (Å²) in [5.41, 5.74) is 7.91. The summed E-state index contributed by atoms with van der Waals surface area (Å²) in [6.45, 7) is 1.81. The molecule has 5 aromatic rings. The predicted molar refractivity (Wildman–Crippen MR) is 142 cm³/mol. The number of hydrogen-bond donors (Lipinski definition) is 2. The third kappa shape index (κ3) is 4.49. The van der Waals surface area contributed by atoms with Crippen LogP contribution >= 0.6 is 0 Å². The molecule has 0 bridgehead atoms. The second kappa shape index (κ2) is 9.99. The van der Waals surface area contributed by atoms with E-state index < -0.39 is 11.9 Å². The van der Waals surface area contributed by atoms with Gasteiger partial charge in [-0.2, -0.15) is 10.2 Å². The van der Waals surface area contributed by atoms with Crippen molar-refractivity contribution in [2.24, 2.45) is 0 Å². The number of fused-ring (bicyclic) bond motifs is 1. The number of nitriles is 1. The van der Waals surface area contributed by atoms with E-state index in [1.54, 1.807) is 30.5 Å². The van der Waals surface area contributed by atoms with Crippen molar-refractivity contribution in [2.75, 3.05) is 18.2 Å². The van der Waals surface area contributed by atoms with E-state index in [4.69, 9.17) is 10.5 Å². The maximum Gasteiger partial charge on any atom is 0.263 e. The molecule has 3 heterocycles. The zero-order valence-corrected chi connectivity index (χ0v) is 20.5. The molecule has 3 aromatic heterocycles. The molecule has 0 aliphatic rings. The molecule has 0 amide bonds. The van der Waals surface area contributed by atoms with Crippen LogP contribution in [0.3, 0.4) is 0 Å². The van der Waals surface area contributed by atoms with Crippen LogP contribution in [-0.2, 0) is 0 Å². The predicted octanol–water partition coefficient (Wildman–Crippen LogP) is 4.62. The first-order valence-corrected chi connectivity index (χ1v) is 11.6. The SMILES string of the molecule is COc1cc(-c2cccc3cc(C(C)Nc4nc(N)ncc4C#N)n(-c4cccc(F)c4)c(=O)c23)ccn1. The van der Waals surface area contributed by atoms with E-state index in [1.165, 1.54) is 30.0 Å². The van der Waals surface area contributed by atoms with Crippen molar-refractivity contribution < 1.29 is 9.13 Å². The van der Waals surface area contributed by atoms with Crippen molar-refractivity contribution in [1.82, 2.24) is 19.5 Å². The van der Waals surface area contributed by atoms with E-state index >= 15 is 0 Å². The number of nitrogens with one attached hydrogen (secondary N) is 1. The van der Waals surface area contributed by atoms with Gasteiger partial charge in [-0.05, 0) is 53.8 Å². The van der Waals surface area contributed by atoms with Crippen molar-refractivity contribution in [3.63, 3.8) is 0 Å². The molecule has 10 heteroatoms. The highest BCUT2D eigenvalue weighted by Gasteiger charge is 2.20. The van der Waals surface area contributed by atoms with Crippen molar-refractivity contribution in [3.8, 4) is 28.8 Å². The van der Waals surface area contributed by atoms with Gasteiger partial charge in [0.25, 0.3) is 5.56 Å². The van der Waals surface area contributed by atoms with Crippen molar-refractivity contribution in [3.05, 3.63) is 100 Å². The second-order valence-electron chi connectivity index (χ2n) is 8.51. The molecule has 5 rings (SSSR count). The van der Waals surface area contributed by atoms with Crippen molar-refractivity contribution >= 4 is 22.5 Å². The summed E-state index contributed by atoms with van der Waals surface area (Å²) in [6.07, 6.45) is 2.94. The molecular formula is C28H22FN7O2. The maximum atomic E-state index is 14.3. The average molecular weight is 508 g/mol. The fraction of sp³-hybridized carbons (Fsp3) is 0.107. The van der Waals surface area contributed by atoms with Crippen LogP contribution < -0.4 is 21.3 Å². The number of ether oxygens (including phenoxy) is 1. The monoisotopic (exact) mass is 507 g/mol. The van der Waals surface area contributed by atoms with Gasteiger partial charge < -0.3 is 15.8 Å². The van der Waals surface area contributed by atoms with Gasteiger partial charge in [0.15, 0.2) is 0 Å². The summed E-state index contributed by atoms with van der Waals surface area (Å²) < 4.78 is 21.1. The Balaban J connectivity index is 1.76. The van der Waals surface area contributed by atoms with E-state index in [-0.39, 0.29) is 22.9 Å². The zero-order valence-electron chi connectivity index (χ0n) is 20.5. The lowest BCUT2D eigenvalue weighted by Gasteiger charge is -2.22. The van der Waals surface area contributed by atoms with Crippen LogP contribution in [0, 0.1) is 17.1 Å². The number of aromatic nitrogens is 4. The molecule has 0 spiro atoms. The third-order valence-electron chi connectivity index (χ3n) is 6.12. The first kappa shape index (κ1) is 24.4. The van der Waals surface area contributed by atoms with Gasteiger partial charge in [0.05, 0.1) is 30.4 Å². The Morgan fingerprint density at radius 1 is 1.13 bits per heavy atom. The van der Waals surface area contributed by atoms with E-state index in [0.717, 1.165) is 5.56 Å². The molecule has 1 unspecified atom stereocenters. The number of nitrogen functional groups attached to an aromatic ring is 1. The number of anilines is 2. The van der Waals surface area contributed by atoms with E-state index in [9.17, 15) is 14.4 Å². The summed E-state index contributed by atoms with van der Waals surface area (Å²) in [6, 6.07) is 18.3. The first-order valence-electron chi connectivity index (χ1n) is 11.6. The molecule has 9 nitrogen and oxygen atoms in total. The zero-order chi connectivity index (χ0) is 26.8. The van der Waals surface area contributed by atoms with Crippen LogP contribution in [0.25, 0.3) is 27.6 Å². The fourth-order valence-electron chi connectivity index (χ4n) is 4.38. The van der Waals surface area contributed by atoms with Gasteiger partial charge in [0.2, 0.25) is 11.8 Å². The molecule has 0 saturated heterocycles. The number of halogens is 1. The maximum absolute atomic E-state index is 14.3. The highest BCUT2D eigenvalue weighted by atomic mass is 19.1. The lowest BCUT2D eigenvalue weighted by molar-refractivity contribution is 0.398. The number of benzene rings is 2. The summed E-state index contributed by atoms with van der Waals surface area (Å²) in [7, 11) is 1.52. The summed E-state index contributed by atoms with van der Waals surface area (Å²) in [5.74, 6) is 0.154. The third-order valence-corrected chi connectivity index (χ3v) is 6.12. The number of nitrogens with zero attached hydrogens (tertiary/aromatic N) is 5. The number of rotatable bonds is 6. The minimum absolute atomic E-state index is 0.00264. The van der Waals surface area contributed by atoms with Gasteiger partial charge in [-0.15, -0.1) is 0 Å². The number of pyridine rings is 2. The van der Waals surface area contributed by atoms with Gasteiger partial charge >= 0.3 is 0 Å². The van der Waals surface area contributed by atoms with Crippen molar-refractivity contribution in [2.45, 2.75) is 13.0 Å². The van der Waals surface area contributed by atoms with Crippen LogP contribution in [0.1, 0.15) is 24.2 Å². The fourth-order valence-corrected chi connectivity index (χ4v) is 4.38. The van der Waals surface area contributed by atoms with Gasteiger partial charge in [0.1, 0.15) is 23.3 Å². The summed E-state index contributed by atoms with van der Waals surface area (Å²) in [4.78, 5) is 26.4. The standard InChI is InChI=1S/C28H22FN7O2/c1-16(34-26-19(14-30)15-33-28(31)35-26)23-11-18-5-3-8-22(17-9-10-32-24(12-17)38-2)25(18)27(37)36(23)21-7-4-6-20(29)13-21/h3-13,15-16H,1-2H3,(H3,31,33,34,35). The smallest absolute Gasteiger partial charge is 0.263 e. The molecule has 0 radical (unpaired) electrons. The first-order chi connectivity index (χ1) is 18.4. The quantitative estimate of drug-likeness (QED) is 0.340. The molecule has 2 aromatic carbocycles. The van der Waals surface area contributed by atoms with Gasteiger partial charge in [-0.25, -0.2) is 14.4 Å². The Hall–Kier alpha value is -5.30. The number of nitrogens with two attached hydrogens (primary N) is 1. The minimum Gasteiger partial charge on any atom is -0.481 e. The molecule has 1 atom stereocenters. The molecule has 0 aliphatic carbocycles. The molecule has 3 N–H and O–H groups in total. The Morgan fingerprint density at radius 2 is 1.95 bits per heavy atom. The van der Waals surface area contributed by atoms with Crippen LogP contribution in [0.2, 0.25) is 0 Å². The van der Waals surface area contributed by atoms with Crippen LogP contribution in [0.15, 0.2) is 77.9 Å². The Kier molecular flexibility index (Phi) is 6.41. The molecular weight excluding hydrogens is 485 g/mol. The second-order valence-corrected chi connectivity index (χ2v) is 8.51. The van der Waals surface area contributed by atoms with Crippen LogP contribution in [0.5, 0.6) is 5.88 Å². The van der Waals surface area contributed by atoms with Crippen molar-refractivity contribution in [1.29, 1.82) is 5.26 Å². The minimum atomic E-state index is -0.540. The molecule has 38 heavy (non-hydrogen) atoms. The van der Waals surface area contributed by atoms with E-state index in [2.05, 4.69) is 20.3 Å². The molecule has 0 aliphatic heterocycles. The van der Waals surface area contributed by atoms with Gasteiger partial charge in [-0.3, -0.25) is 9.36 Å². The Morgan fingerprint density at radius 3 is 2.71 bits per heavy atom. The Bertz CT molecular complexity index is 1780. The van der Waals surface area contributed by atoms with Crippen LogP contribution in [0.4, 0.5) is 16.2 Å². The number of methoxy groups -OCH3 is 1. The van der Waals surface area contributed by atoms with Crippen LogP contribution in [-0.4, -0.2) is 26.6 Å². The lowest BCUT2D eigenvalue weighted by Crippen LogP contribution is -2.26. The summed E-state index contributed by atoms with van der Waals surface area (Å²) in [5, 5.41) is 13.8. The van der Waals surface area contributed by atoms with E-state index in [1.807, 2.05) is 37.3 Å². The highest BCUT2D eigenvalue weighted by molar-refractivity contribution is 5.96. The van der Waals surface area contributed by atoms with Gasteiger partial charge in [0, 0.05) is 18.0 Å². The topological polar surface area (TPSA) is 132 Å². The summed E-state index contributed by atoms with van der Waals surface area (Å²) >= 11 is 0.